The first-order valence-electron chi connectivity index (χ1n) is 6.18. The maximum Gasteiger partial charge on any atom is 0.325 e. The number of rotatable bonds is 0. The lowest BCUT2D eigenvalue weighted by Crippen LogP contribution is -2.46. The van der Waals surface area contributed by atoms with E-state index in [1.165, 1.54) is 0 Å². The van der Waals surface area contributed by atoms with E-state index in [2.05, 4.69) is 0 Å². The fraction of sp³-hybridized carbons (Fsp3) is 0.571. The maximum atomic E-state index is 12.1. The first-order chi connectivity index (χ1) is 8.02. The van der Waals surface area contributed by atoms with Crippen molar-refractivity contribution in [3.63, 3.8) is 0 Å². The van der Waals surface area contributed by atoms with Crippen LogP contribution in [0.5, 0.6) is 0 Å². The molecule has 1 saturated heterocycles. The summed E-state index contributed by atoms with van der Waals surface area (Å²) in [5.41, 5.74) is 0.779. The number of cyclic esters (lactones) is 2. The zero-order valence-corrected chi connectivity index (χ0v) is 10.2. The average Bonchev–Trinajstić information content (AvgIpc) is 2.50. The van der Waals surface area contributed by atoms with E-state index in [1.807, 2.05) is 26.0 Å². The van der Waals surface area contributed by atoms with Crippen molar-refractivity contribution in [2.24, 2.45) is 10.8 Å². The zero-order valence-electron chi connectivity index (χ0n) is 10.2. The second-order valence-electron chi connectivity index (χ2n) is 5.48. The molecule has 2 atom stereocenters. The van der Waals surface area contributed by atoms with E-state index in [0.717, 1.165) is 36.8 Å². The molecule has 0 aromatic heterocycles. The number of allylic oxidation sites excluding steroid dienone is 2. The lowest BCUT2D eigenvalue weighted by molar-refractivity contribution is -0.155. The van der Waals surface area contributed by atoms with Crippen LogP contribution in [0.15, 0.2) is 23.3 Å². The van der Waals surface area contributed by atoms with E-state index in [0.29, 0.717) is 0 Å². The van der Waals surface area contributed by atoms with Gasteiger partial charge in [0.25, 0.3) is 0 Å². The highest BCUT2D eigenvalue weighted by Crippen LogP contribution is 2.60. The molecule has 1 heterocycles. The highest BCUT2D eigenvalue weighted by Gasteiger charge is 2.67. The summed E-state index contributed by atoms with van der Waals surface area (Å²) < 4.78 is 4.97. The summed E-state index contributed by atoms with van der Waals surface area (Å²) in [5, 5.41) is 0. The number of carbonyl (C=O) groups excluding carboxylic acids is 2. The predicted octanol–water partition coefficient (Wildman–Crippen LogP) is 2.52. The molecule has 3 heteroatoms. The maximum absolute atomic E-state index is 12.1. The van der Waals surface area contributed by atoms with Crippen molar-refractivity contribution < 1.29 is 14.3 Å². The van der Waals surface area contributed by atoms with Crippen molar-refractivity contribution in [1.29, 1.82) is 0 Å². The first kappa shape index (κ1) is 10.8. The number of esters is 2. The van der Waals surface area contributed by atoms with E-state index in [9.17, 15) is 9.59 Å². The third kappa shape index (κ3) is 1.07. The molecule has 0 spiro atoms. The van der Waals surface area contributed by atoms with Gasteiger partial charge in [0.05, 0.1) is 0 Å². The van der Waals surface area contributed by atoms with E-state index < -0.39 is 10.8 Å². The molecule has 0 radical (unpaired) electrons. The molecule has 3 aliphatic rings. The van der Waals surface area contributed by atoms with Crippen LogP contribution in [0.4, 0.5) is 0 Å². The van der Waals surface area contributed by atoms with Crippen LogP contribution in [-0.2, 0) is 14.3 Å². The van der Waals surface area contributed by atoms with Crippen LogP contribution in [0, 0.1) is 10.8 Å². The number of ether oxygens (including phenoxy) is 1. The Morgan fingerprint density at radius 2 is 1.35 bits per heavy atom. The van der Waals surface area contributed by atoms with Crippen LogP contribution in [-0.4, -0.2) is 11.9 Å². The SMILES string of the molecule is CC1=C[C@@]23CCCC[C@]2(C=C1C)C(=O)OC3=O. The van der Waals surface area contributed by atoms with Gasteiger partial charge in [0.1, 0.15) is 10.8 Å². The van der Waals surface area contributed by atoms with E-state index in [4.69, 9.17) is 4.74 Å². The summed E-state index contributed by atoms with van der Waals surface area (Å²) in [5.74, 6) is -0.685. The van der Waals surface area contributed by atoms with Crippen LogP contribution in [0.2, 0.25) is 0 Å². The summed E-state index contributed by atoms with van der Waals surface area (Å²) in [6.45, 7) is 3.99. The molecule has 90 valence electrons. The van der Waals surface area contributed by atoms with Gasteiger partial charge in [-0.25, -0.2) is 0 Å². The highest BCUT2D eigenvalue weighted by molar-refractivity contribution is 6.05. The van der Waals surface area contributed by atoms with Gasteiger partial charge < -0.3 is 4.74 Å². The van der Waals surface area contributed by atoms with E-state index in [1.54, 1.807) is 0 Å². The number of carbonyl (C=O) groups is 2. The molecule has 17 heavy (non-hydrogen) atoms. The van der Waals surface area contributed by atoms with Gasteiger partial charge in [-0.3, -0.25) is 9.59 Å². The summed E-state index contributed by atoms with van der Waals surface area (Å²) in [6, 6.07) is 0. The van der Waals surface area contributed by atoms with Crippen LogP contribution < -0.4 is 0 Å². The lowest BCUT2D eigenvalue weighted by Gasteiger charge is -2.43. The van der Waals surface area contributed by atoms with Crippen LogP contribution in [0.3, 0.4) is 0 Å². The minimum absolute atomic E-state index is 0.342. The standard InChI is InChI=1S/C14H16O3/c1-9-7-13-5-3-4-6-14(13,8-10(9)2)12(16)17-11(13)15/h7-8H,3-6H2,1-2H3/t13-,14+. The molecule has 0 unspecified atom stereocenters. The molecule has 1 saturated carbocycles. The molecule has 0 aromatic rings. The monoisotopic (exact) mass is 232 g/mol. The Morgan fingerprint density at radius 1 is 0.941 bits per heavy atom. The molecule has 0 bridgehead atoms. The summed E-state index contributed by atoms with van der Waals surface area (Å²) >= 11 is 0. The Balaban J connectivity index is 2.26. The van der Waals surface area contributed by atoms with E-state index >= 15 is 0 Å². The minimum Gasteiger partial charge on any atom is -0.392 e. The van der Waals surface area contributed by atoms with Crippen molar-refractivity contribution in [2.75, 3.05) is 0 Å². The first-order valence-corrected chi connectivity index (χ1v) is 6.18. The normalized spacial score (nSPS) is 40.1. The molecule has 0 aromatic carbocycles. The Hall–Kier alpha value is -1.38. The minimum atomic E-state index is -0.702. The summed E-state index contributed by atoms with van der Waals surface area (Å²) in [7, 11) is 0. The second kappa shape index (κ2) is 3.09. The third-order valence-corrected chi connectivity index (χ3v) is 4.65. The Morgan fingerprint density at radius 3 is 1.76 bits per heavy atom. The molecule has 3 nitrogen and oxygen atoms in total. The lowest BCUT2D eigenvalue weighted by atomic mass is 9.54. The van der Waals surface area contributed by atoms with Crippen LogP contribution in [0.1, 0.15) is 39.5 Å². The third-order valence-electron chi connectivity index (χ3n) is 4.65. The molecule has 2 aliphatic carbocycles. The van der Waals surface area contributed by atoms with Crippen LogP contribution in [0.25, 0.3) is 0 Å². The Kier molecular flexibility index (Phi) is 1.96. The molecule has 2 fully saturated rings. The second-order valence-corrected chi connectivity index (χ2v) is 5.48. The van der Waals surface area contributed by atoms with Crippen molar-refractivity contribution >= 4 is 11.9 Å². The Labute approximate surface area is 101 Å². The van der Waals surface area contributed by atoms with Gasteiger partial charge in [0.15, 0.2) is 0 Å². The van der Waals surface area contributed by atoms with E-state index in [-0.39, 0.29) is 11.9 Å². The number of hydrogen-bond donors (Lipinski definition) is 0. The molecule has 0 N–H and O–H groups in total. The van der Waals surface area contributed by atoms with Gasteiger partial charge >= 0.3 is 11.9 Å². The molecule has 3 rings (SSSR count). The molecular formula is C14H16O3. The van der Waals surface area contributed by atoms with Gasteiger partial charge in [-0.05, 0) is 26.7 Å². The molecular weight excluding hydrogens is 216 g/mol. The Bertz CT molecular complexity index is 442. The average molecular weight is 232 g/mol. The number of hydrogen-bond acceptors (Lipinski definition) is 3. The van der Waals surface area contributed by atoms with Crippen molar-refractivity contribution in [1.82, 2.24) is 0 Å². The summed E-state index contributed by atoms with van der Waals surface area (Å²) in [4.78, 5) is 24.2. The van der Waals surface area contributed by atoms with Crippen LogP contribution >= 0.6 is 0 Å². The van der Waals surface area contributed by atoms with Gasteiger partial charge in [-0.2, -0.15) is 0 Å². The fourth-order valence-electron chi connectivity index (χ4n) is 3.58. The van der Waals surface area contributed by atoms with Gasteiger partial charge in [-0.1, -0.05) is 36.1 Å². The quantitative estimate of drug-likeness (QED) is 0.476. The van der Waals surface area contributed by atoms with Crippen molar-refractivity contribution in [3.8, 4) is 0 Å². The van der Waals surface area contributed by atoms with Gasteiger partial charge in [-0.15, -0.1) is 0 Å². The topological polar surface area (TPSA) is 43.4 Å². The van der Waals surface area contributed by atoms with Gasteiger partial charge in [0, 0.05) is 0 Å². The largest absolute Gasteiger partial charge is 0.392 e. The van der Waals surface area contributed by atoms with Crippen molar-refractivity contribution in [2.45, 2.75) is 39.5 Å². The smallest absolute Gasteiger partial charge is 0.325 e. The summed E-state index contributed by atoms with van der Waals surface area (Å²) in [6.07, 6.45) is 7.41. The fourth-order valence-corrected chi connectivity index (χ4v) is 3.58. The molecule has 0 amide bonds. The van der Waals surface area contributed by atoms with Gasteiger partial charge in [0.2, 0.25) is 0 Å². The predicted molar refractivity (Wildman–Crippen MR) is 61.9 cm³/mol. The van der Waals surface area contributed by atoms with Crippen molar-refractivity contribution in [3.05, 3.63) is 23.3 Å². The highest BCUT2D eigenvalue weighted by atomic mass is 16.6. The zero-order chi connectivity index (χ0) is 12.3. The molecule has 1 aliphatic heterocycles.